The molecule has 1 spiro atoms. The lowest BCUT2D eigenvalue weighted by Crippen LogP contribution is -2.31. The number of hydrogen-bond acceptors (Lipinski definition) is 1. The van der Waals surface area contributed by atoms with Crippen LogP contribution in [0, 0.1) is 5.92 Å². The molecule has 0 amide bonds. The smallest absolute Gasteiger partial charge is 0.0742 e. The van der Waals surface area contributed by atoms with Crippen LogP contribution in [-0.2, 0) is 5.41 Å². The zero-order valence-corrected chi connectivity index (χ0v) is 19.2. The average molecular weight is 406 g/mol. The van der Waals surface area contributed by atoms with Gasteiger partial charge in [-0.3, -0.25) is 0 Å². The van der Waals surface area contributed by atoms with Gasteiger partial charge in [0.2, 0.25) is 0 Å². The van der Waals surface area contributed by atoms with Gasteiger partial charge < -0.3 is 5.32 Å². The topological polar surface area (TPSA) is 12.0 Å². The summed E-state index contributed by atoms with van der Waals surface area (Å²) in [6.45, 7) is 8.55. The Morgan fingerprint density at radius 2 is 1.45 bits per heavy atom. The van der Waals surface area contributed by atoms with Crippen LogP contribution < -0.4 is 5.32 Å². The number of nitrogens with one attached hydrogen (secondary N) is 1. The molecular weight excluding hydrogens is 374 g/mol. The molecule has 1 heteroatoms. The van der Waals surface area contributed by atoms with Crippen LogP contribution in [0.4, 0.5) is 0 Å². The maximum atomic E-state index is 3.58. The predicted octanol–water partition coefficient (Wildman–Crippen LogP) is 7.25. The van der Waals surface area contributed by atoms with Crippen molar-refractivity contribution in [3.63, 3.8) is 0 Å². The summed E-state index contributed by atoms with van der Waals surface area (Å²) in [5, 5.41) is 3.58. The normalized spacial score (nSPS) is 21.5. The fourth-order valence-electron chi connectivity index (χ4n) is 6.05. The number of benzene rings is 2. The third-order valence-corrected chi connectivity index (χ3v) is 7.15. The van der Waals surface area contributed by atoms with E-state index in [0.717, 1.165) is 6.42 Å². The van der Waals surface area contributed by atoms with E-state index in [-0.39, 0.29) is 5.41 Å². The van der Waals surface area contributed by atoms with E-state index >= 15 is 0 Å². The molecular formula is C30H31N. The monoisotopic (exact) mass is 405 g/mol. The summed E-state index contributed by atoms with van der Waals surface area (Å²) in [6.07, 6.45) is 10.5. The molecule has 0 radical (unpaired) electrons. The maximum Gasteiger partial charge on any atom is 0.0742 e. The third-order valence-electron chi connectivity index (χ3n) is 7.15. The number of allylic oxidation sites excluding steroid dienone is 9. The van der Waals surface area contributed by atoms with Gasteiger partial charge in [0.05, 0.1) is 5.41 Å². The molecule has 1 atom stereocenters. The van der Waals surface area contributed by atoms with Crippen molar-refractivity contribution in [2.24, 2.45) is 5.92 Å². The summed E-state index contributed by atoms with van der Waals surface area (Å²) in [4.78, 5) is 0. The molecule has 4 aliphatic rings. The molecule has 156 valence electrons. The van der Waals surface area contributed by atoms with Crippen molar-refractivity contribution >= 4 is 0 Å². The minimum atomic E-state index is -0.223. The molecule has 0 heterocycles. The first kappa shape index (κ1) is 19.9. The quantitative estimate of drug-likeness (QED) is 0.527. The molecule has 0 aliphatic heterocycles. The number of fused-ring (bicyclic) bond motifs is 8. The molecule has 0 saturated carbocycles. The van der Waals surface area contributed by atoms with Gasteiger partial charge in [0.1, 0.15) is 0 Å². The first-order valence-electron chi connectivity index (χ1n) is 11.6. The minimum Gasteiger partial charge on any atom is -0.388 e. The lowest BCUT2D eigenvalue weighted by Gasteiger charge is -2.34. The Balaban J connectivity index is 0.000000994. The van der Waals surface area contributed by atoms with Crippen LogP contribution in [0.1, 0.15) is 45.2 Å². The van der Waals surface area contributed by atoms with E-state index < -0.39 is 0 Å². The second kappa shape index (κ2) is 7.27. The third kappa shape index (κ3) is 2.44. The Kier molecular flexibility index (Phi) is 4.66. The van der Waals surface area contributed by atoms with Crippen molar-refractivity contribution in [3.8, 4) is 11.1 Å². The standard InChI is InChI=1S/C28H25N.C2H6/c1-17-12-14-21-22-16-18(2)27(29-3)26(22)28(25(21)15-13-17)23-10-6-4-8-19(23)20-9-5-7-11-24(20)28;1-2/h4-15,17,29H,16H2,1-3H3;1-2H3. The molecule has 1 nitrogen and oxygen atoms in total. The van der Waals surface area contributed by atoms with Gasteiger partial charge in [0.15, 0.2) is 0 Å². The summed E-state index contributed by atoms with van der Waals surface area (Å²) in [5.41, 5.74) is 14.0. The Labute approximate surface area is 186 Å². The molecule has 4 aliphatic carbocycles. The summed E-state index contributed by atoms with van der Waals surface area (Å²) in [6, 6.07) is 18.0. The van der Waals surface area contributed by atoms with E-state index in [0.29, 0.717) is 5.92 Å². The van der Waals surface area contributed by atoms with Crippen molar-refractivity contribution in [2.45, 2.75) is 39.5 Å². The highest BCUT2D eigenvalue weighted by Crippen LogP contribution is 2.65. The Morgan fingerprint density at radius 3 is 2.06 bits per heavy atom. The predicted molar refractivity (Wildman–Crippen MR) is 132 cm³/mol. The molecule has 1 unspecified atom stereocenters. The largest absolute Gasteiger partial charge is 0.388 e. The van der Waals surface area contributed by atoms with Gasteiger partial charge >= 0.3 is 0 Å². The molecule has 2 aromatic carbocycles. The van der Waals surface area contributed by atoms with E-state index in [1.54, 1.807) is 0 Å². The lowest BCUT2D eigenvalue weighted by molar-refractivity contribution is 0.745. The molecule has 0 aromatic heterocycles. The van der Waals surface area contributed by atoms with Crippen molar-refractivity contribution in [2.75, 3.05) is 7.05 Å². The summed E-state index contributed by atoms with van der Waals surface area (Å²) in [7, 11) is 2.08. The zero-order valence-electron chi connectivity index (χ0n) is 19.2. The summed E-state index contributed by atoms with van der Waals surface area (Å²) in [5.74, 6) is 0.452. The maximum absolute atomic E-state index is 3.58. The van der Waals surface area contributed by atoms with Crippen LogP contribution in [0.25, 0.3) is 11.1 Å². The van der Waals surface area contributed by atoms with Gasteiger partial charge in [0, 0.05) is 12.7 Å². The summed E-state index contributed by atoms with van der Waals surface area (Å²) >= 11 is 0. The van der Waals surface area contributed by atoms with Gasteiger partial charge in [-0.2, -0.15) is 0 Å². The molecule has 0 saturated heterocycles. The molecule has 6 rings (SSSR count). The van der Waals surface area contributed by atoms with Crippen LogP contribution >= 0.6 is 0 Å². The van der Waals surface area contributed by atoms with E-state index in [4.69, 9.17) is 0 Å². The number of hydrogen-bond donors (Lipinski definition) is 1. The van der Waals surface area contributed by atoms with Crippen LogP contribution in [0.15, 0.2) is 106 Å². The first-order chi connectivity index (χ1) is 15.2. The van der Waals surface area contributed by atoms with E-state index in [2.05, 4.69) is 99.0 Å². The van der Waals surface area contributed by atoms with Crippen molar-refractivity contribution in [1.82, 2.24) is 5.32 Å². The number of rotatable bonds is 1. The van der Waals surface area contributed by atoms with Gasteiger partial charge in [0.25, 0.3) is 0 Å². The fourth-order valence-corrected chi connectivity index (χ4v) is 6.05. The van der Waals surface area contributed by atoms with Crippen LogP contribution in [0.2, 0.25) is 0 Å². The second-order valence-corrected chi connectivity index (χ2v) is 8.68. The van der Waals surface area contributed by atoms with E-state index in [9.17, 15) is 0 Å². The zero-order chi connectivity index (χ0) is 21.8. The fraction of sp³-hybridized carbons (Fsp3) is 0.267. The molecule has 0 fully saturated rings. The molecule has 0 bridgehead atoms. The second-order valence-electron chi connectivity index (χ2n) is 8.68. The first-order valence-corrected chi connectivity index (χ1v) is 11.6. The van der Waals surface area contributed by atoms with Crippen molar-refractivity contribution in [1.29, 1.82) is 0 Å². The van der Waals surface area contributed by atoms with Crippen molar-refractivity contribution < 1.29 is 0 Å². The van der Waals surface area contributed by atoms with Gasteiger partial charge in [-0.25, -0.2) is 0 Å². The van der Waals surface area contributed by atoms with Crippen LogP contribution in [0.5, 0.6) is 0 Å². The SMILES string of the molecule is CC.CNC1=C(C)CC2=C1C1(C3=C2C=CC(C)C=C3)c2ccccc2-c2ccccc21. The highest BCUT2D eigenvalue weighted by molar-refractivity contribution is 5.91. The van der Waals surface area contributed by atoms with Crippen LogP contribution in [-0.4, -0.2) is 7.05 Å². The summed E-state index contributed by atoms with van der Waals surface area (Å²) < 4.78 is 0. The lowest BCUT2D eigenvalue weighted by atomic mass is 9.68. The minimum absolute atomic E-state index is 0.223. The molecule has 1 N–H and O–H groups in total. The van der Waals surface area contributed by atoms with Crippen LogP contribution in [0.3, 0.4) is 0 Å². The Morgan fingerprint density at radius 1 is 0.871 bits per heavy atom. The van der Waals surface area contributed by atoms with Gasteiger partial charge in [-0.15, -0.1) is 0 Å². The average Bonchev–Trinajstić information content (AvgIpc) is 3.32. The highest BCUT2D eigenvalue weighted by Gasteiger charge is 2.55. The Hall–Kier alpha value is -3.06. The van der Waals surface area contributed by atoms with E-state index in [1.165, 1.54) is 55.8 Å². The molecule has 2 aromatic rings. The molecule has 31 heavy (non-hydrogen) atoms. The van der Waals surface area contributed by atoms with Gasteiger partial charge in [-0.1, -0.05) is 93.6 Å². The van der Waals surface area contributed by atoms with E-state index in [1.807, 2.05) is 13.8 Å². The van der Waals surface area contributed by atoms with Gasteiger partial charge in [-0.05, 0) is 69.4 Å². The number of likely N-dealkylation sites (N-methyl/N-ethyl adjacent to an activating group) is 1. The Bertz CT molecular complexity index is 1180. The van der Waals surface area contributed by atoms with Crippen molar-refractivity contribution in [3.05, 3.63) is 118 Å². The highest BCUT2D eigenvalue weighted by atomic mass is 14.9.